The van der Waals surface area contributed by atoms with E-state index in [4.69, 9.17) is 11.6 Å². The summed E-state index contributed by atoms with van der Waals surface area (Å²) in [7, 11) is 0. The Morgan fingerprint density at radius 2 is 1.89 bits per heavy atom. The molecule has 2 heterocycles. The molecule has 0 saturated heterocycles. The van der Waals surface area contributed by atoms with Gasteiger partial charge in [-0.25, -0.2) is 0 Å². The molecule has 2 aromatic carbocycles. The lowest BCUT2D eigenvalue weighted by Crippen LogP contribution is -2.06. The zero-order chi connectivity index (χ0) is 19.5. The molecule has 0 atom stereocenters. The van der Waals surface area contributed by atoms with Gasteiger partial charge in [0, 0.05) is 46.9 Å². The number of nitrogens with one attached hydrogen (secondary N) is 3. The second-order valence-electron chi connectivity index (χ2n) is 6.99. The average Bonchev–Trinajstić information content (AvgIpc) is 3.09. The number of H-pyrrole nitrogens is 1. The maximum Gasteiger partial charge on any atom is 0.0661 e. The first-order chi connectivity index (χ1) is 13.6. The summed E-state index contributed by atoms with van der Waals surface area (Å²) < 4.78 is 0. The van der Waals surface area contributed by atoms with Crippen molar-refractivity contribution >= 4 is 39.6 Å². The number of para-hydroxylation sites is 1. The fourth-order valence-corrected chi connectivity index (χ4v) is 3.63. The number of aromatic nitrogens is 2. The van der Waals surface area contributed by atoms with Gasteiger partial charge in [-0.15, -0.1) is 0 Å². The van der Waals surface area contributed by atoms with Gasteiger partial charge < -0.3 is 15.6 Å². The molecule has 5 heteroatoms. The quantitative estimate of drug-likeness (QED) is 0.365. The number of rotatable bonds is 6. The molecule has 2 aromatic heterocycles. The van der Waals surface area contributed by atoms with Gasteiger partial charge in [0.1, 0.15) is 0 Å². The molecule has 0 unspecified atom stereocenters. The van der Waals surface area contributed by atoms with Crippen LogP contribution in [0.4, 0.5) is 17.1 Å². The number of fused-ring (bicyclic) bond motifs is 1. The van der Waals surface area contributed by atoms with E-state index in [0.717, 1.165) is 41.3 Å². The van der Waals surface area contributed by atoms with Gasteiger partial charge in [-0.2, -0.15) is 0 Å². The van der Waals surface area contributed by atoms with Crippen LogP contribution in [0.2, 0.25) is 5.02 Å². The van der Waals surface area contributed by atoms with Crippen LogP contribution in [0, 0.1) is 13.8 Å². The minimum atomic E-state index is 0.689. The van der Waals surface area contributed by atoms with E-state index in [1.807, 2.05) is 25.1 Å². The van der Waals surface area contributed by atoms with E-state index in [0.29, 0.717) is 5.02 Å². The van der Waals surface area contributed by atoms with E-state index in [-0.39, 0.29) is 0 Å². The molecule has 0 spiro atoms. The van der Waals surface area contributed by atoms with Crippen LogP contribution in [0.1, 0.15) is 16.8 Å². The normalized spacial score (nSPS) is 11.0. The van der Waals surface area contributed by atoms with Gasteiger partial charge in [-0.05, 0) is 61.7 Å². The molecule has 4 rings (SSSR count). The first kappa shape index (κ1) is 18.4. The largest absolute Gasteiger partial charge is 0.384 e. The summed E-state index contributed by atoms with van der Waals surface area (Å²) in [5.74, 6) is 0. The van der Waals surface area contributed by atoms with Gasteiger partial charge in [0.25, 0.3) is 0 Å². The van der Waals surface area contributed by atoms with Crippen molar-refractivity contribution in [1.29, 1.82) is 0 Å². The monoisotopic (exact) mass is 390 g/mol. The van der Waals surface area contributed by atoms with Gasteiger partial charge in [-0.3, -0.25) is 4.98 Å². The molecule has 4 nitrogen and oxygen atoms in total. The van der Waals surface area contributed by atoms with Crippen LogP contribution in [0.3, 0.4) is 0 Å². The van der Waals surface area contributed by atoms with Gasteiger partial charge in [0.2, 0.25) is 0 Å². The molecule has 0 radical (unpaired) electrons. The van der Waals surface area contributed by atoms with E-state index in [9.17, 15) is 0 Å². The maximum atomic E-state index is 6.52. The Bertz CT molecular complexity index is 1120. The molecule has 0 saturated carbocycles. The van der Waals surface area contributed by atoms with Crippen molar-refractivity contribution in [2.24, 2.45) is 0 Å². The van der Waals surface area contributed by atoms with Crippen LogP contribution >= 0.6 is 11.6 Å². The first-order valence-electron chi connectivity index (χ1n) is 9.39. The van der Waals surface area contributed by atoms with Crippen LogP contribution < -0.4 is 10.6 Å². The van der Waals surface area contributed by atoms with Crippen molar-refractivity contribution in [1.82, 2.24) is 9.97 Å². The minimum absolute atomic E-state index is 0.689. The summed E-state index contributed by atoms with van der Waals surface area (Å²) in [4.78, 5) is 7.55. The van der Waals surface area contributed by atoms with Crippen LogP contribution in [0.15, 0.2) is 60.9 Å². The summed E-state index contributed by atoms with van der Waals surface area (Å²) in [5, 5.41) is 8.87. The molecule has 0 aliphatic heterocycles. The molecule has 142 valence electrons. The van der Waals surface area contributed by atoms with Crippen molar-refractivity contribution < 1.29 is 0 Å². The van der Waals surface area contributed by atoms with E-state index in [1.54, 1.807) is 6.20 Å². The highest BCUT2D eigenvalue weighted by Gasteiger charge is 2.08. The fourth-order valence-electron chi connectivity index (χ4n) is 3.42. The topological polar surface area (TPSA) is 52.7 Å². The number of aryl methyl sites for hydroxylation is 2. The van der Waals surface area contributed by atoms with Gasteiger partial charge in [-0.1, -0.05) is 29.8 Å². The maximum absolute atomic E-state index is 6.52. The van der Waals surface area contributed by atoms with E-state index >= 15 is 0 Å². The minimum Gasteiger partial charge on any atom is -0.384 e. The summed E-state index contributed by atoms with van der Waals surface area (Å²) in [6.07, 6.45) is 4.83. The Labute approximate surface area is 170 Å². The van der Waals surface area contributed by atoms with Gasteiger partial charge in [0.05, 0.1) is 10.7 Å². The van der Waals surface area contributed by atoms with Crippen LogP contribution in [-0.4, -0.2) is 16.5 Å². The standard InChI is InChI=1S/C23H23ClN4/c1-15-11-23(28-18-8-10-25-16(2)12-18)20(24)13-22(15)26-9-7-17-14-27-21-6-4-3-5-19(17)21/h3-6,8,10-14,26-27H,7,9H2,1-2H3,(H,25,28). The van der Waals surface area contributed by atoms with Crippen LogP contribution in [0.5, 0.6) is 0 Å². The molecule has 0 fully saturated rings. The van der Waals surface area contributed by atoms with E-state index in [2.05, 4.69) is 64.1 Å². The Hall–Kier alpha value is -2.98. The van der Waals surface area contributed by atoms with Crippen molar-refractivity contribution in [2.45, 2.75) is 20.3 Å². The van der Waals surface area contributed by atoms with Crippen molar-refractivity contribution in [2.75, 3.05) is 17.2 Å². The summed E-state index contributed by atoms with van der Waals surface area (Å²) >= 11 is 6.52. The molecule has 0 aliphatic rings. The van der Waals surface area contributed by atoms with E-state index < -0.39 is 0 Å². The van der Waals surface area contributed by atoms with Gasteiger partial charge in [0.15, 0.2) is 0 Å². The van der Waals surface area contributed by atoms with Crippen LogP contribution in [0.25, 0.3) is 10.9 Å². The second kappa shape index (κ2) is 7.95. The molecule has 0 bridgehead atoms. The molecule has 3 N–H and O–H groups in total. The predicted octanol–water partition coefficient (Wildman–Crippen LogP) is 6.23. The molecular formula is C23H23ClN4. The Morgan fingerprint density at radius 1 is 1.04 bits per heavy atom. The third kappa shape index (κ3) is 3.97. The highest BCUT2D eigenvalue weighted by Crippen LogP contribution is 2.31. The summed E-state index contributed by atoms with van der Waals surface area (Å²) in [5.41, 5.74) is 7.55. The summed E-state index contributed by atoms with van der Waals surface area (Å²) in [6, 6.07) is 16.4. The first-order valence-corrected chi connectivity index (χ1v) is 9.76. The smallest absolute Gasteiger partial charge is 0.0661 e. The lowest BCUT2D eigenvalue weighted by molar-refractivity contribution is 1.03. The van der Waals surface area contributed by atoms with Crippen molar-refractivity contribution in [3.63, 3.8) is 0 Å². The number of nitrogens with zero attached hydrogens (tertiary/aromatic N) is 1. The lowest BCUT2D eigenvalue weighted by atomic mass is 10.1. The fraction of sp³-hybridized carbons (Fsp3) is 0.174. The highest BCUT2D eigenvalue weighted by atomic mass is 35.5. The zero-order valence-electron chi connectivity index (χ0n) is 16.0. The SMILES string of the molecule is Cc1cc(Nc2cc(C)c(NCCc3c[nH]c4ccccc34)cc2Cl)ccn1. The molecule has 4 aromatic rings. The Morgan fingerprint density at radius 3 is 2.75 bits per heavy atom. The van der Waals surface area contributed by atoms with Crippen molar-refractivity contribution in [3.8, 4) is 0 Å². The van der Waals surface area contributed by atoms with Crippen molar-refractivity contribution in [3.05, 3.63) is 82.8 Å². The molecule has 0 amide bonds. The van der Waals surface area contributed by atoms with E-state index in [1.165, 1.54) is 16.5 Å². The molecule has 0 aliphatic carbocycles. The highest BCUT2D eigenvalue weighted by molar-refractivity contribution is 6.33. The number of pyridine rings is 1. The number of hydrogen-bond acceptors (Lipinski definition) is 3. The Kier molecular flexibility index (Phi) is 5.22. The lowest BCUT2D eigenvalue weighted by Gasteiger charge is -2.14. The number of aromatic amines is 1. The second-order valence-corrected chi connectivity index (χ2v) is 7.40. The molecular weight excluding hydrogens is 368 g/mol. The summed E-state index contributed by atoms with van der Waals surface area (Å²) in [6.45, 7) is 4.90. The number of benzene rings is 2. The number of halogens is 1. The third-order valence-electron chi connectivity index (χ3n) is 4.87. The van der Waals surface area contributed by atoms with Gasteiger partial charge >= 0.3 is 0 Å². The Balaban J connectivity index is 1.44. The number of anilines is 3. The average molecular weight is 391 g/mol. The zero-order valence-corrected chi connectivity index (χ0v) is 16.8. The molecule has 28 heavy (non-hydrogen) atoms. The third-order valence-corrected chi connectivity index (χ3v) is 5.19. The number of hydrogen-bond donors (Lipinski definition) is 3. The predicted molar refractivity (Wildman–Crippen MR) is 119 cm³/mol. The van der Waals surface area contributed by atoms with Crippen LogP contribution in [-0.2, 0) is 6.42 Å².